The van der Waals surface area contributed by atoms with Crippen LogP contribution in [0.5, 0.6) is 0 Å². The lowest BCUT2D eigenvalue weighted by Gasteiger charge is -2.38. The first-order valence-electron chi connectivity index (χ1n) is 9.08. The van der Waals surface area contributed by atoms with Crippen molar-refractivity contribution >= 4 is 39.1 Å². The Morgan fingerprint density at radius 3 is 2.07 bits per heavy atom. The highest BCUT2D eigenvalue weighted by Crippen LogP contribution is 2.32. The molecule has 2 heterocycles. The van der Waals surface area contributed by atoms with Crippen molar-refractivity contribution in [3.63, 3.8) is 0 Å². The highest BCUT2D eigenvalue weighted by Gasteiger charge is 2.36. The Morgan fingerprint density at radius 1 is 1.04 bits per heavy atom. The van der Waals surface area contributed by atoms with Gasteiger partial charge in [0.25, 0.3) is 0 Å². The monoisotopic (exact) mass is 434 g/mol. The van der Waals surface area contributed by atoms with Gasteiger partial charge >= 0.3 is 0 Å². The molecule has 0 aliphatic carbocycles. The van der Waals surface area contributed by atoms with E-state index in [2.05, 4.69) is 0 Å². The molecular weight excluding hydrogens is 411 g/mol. The van der Waals surface area contributed by atoms with Gasteiger partial charge in [0, 0.05) is 32.1 Å². The summed E-state index contributed by atoms with van der Waals surface area (Å²) < 4.78 is 32.9. The van der Waals surface area contributed by atoms with Crippen LogP contribution < -0.4 is 0 Å². The highest BCUT2D eigenvalue weighted by atomic mass is 35.5. The van der Waals surface area contributed by atoms with E-state index in [9.17, 15) is 13.2 Å². The fourth-order valence-corrected chi connectivity index (χ4v) is 6.39. The third-order valence-electron chi connectivity index (χ3n) is 5.11. The summed E-state index contributed by atoms with van der Waals surface area (Å²) in [5.41, 5.74) is 0. The van der Waals surface area contributed by atoms with Gasteiger partial charge in [0.05, 0.1) is 22.3 Å². The predicted octanol–water partition coefficient (Wildman–Crippen LogP) is 3.03. The number of hydrogen-bond acceptors (Lipinski definition) is 4. The number of rotatable bonds is 3. The molecule has 2 saturated heterocycles. The van der Waals surface area contributed by atoms with Crippen molar-refractivity contribution in [2.75, 3.05) is 26.2 Å². The fraction of sp³-hybridized carbons (Fsp3) is 0.611. The molecule has 27 heavy (non-hydrogen) atoms. The largest absolute Gasteiger partial charge is 0.376 e. The molecule has 2 fully saturated rings. The molecular formula is C18H24Cl2N2O4S. The van der Waals surface area contributed by atoms with Gasteiger partial charge in [-0.05, 0) is 38.8 Å². The van der Waals surface area contributed by atoms with Crippen LogP contribution in [0.1, 0.15) is 26.7 Å². The van der Waals surface area contributed by atoms with Gasteiger partial charge in [-0.15, -0.1) is 0 Å². The second-order valence-corrected chi connectivity index (χ2v) is 9.89. The van der Waals surface area contributed by atoms with E-state index >= 15 is 0 Å². The first-order chi connectivity index (χ1) is 12.7. The number of carbonyl (C=O) groups is 1. The van der Waals surface area contributed by atoms with Crippen LogP contribution in [-0.4, -0.2) is 61.9 Å². The predicted molar refractivity (Wildman–Crippen MR) is 105 cm³/mol. The average molecular weight is 435 g/mol. The van der Waals surface area contributed by atoms with Crippen LogP contribution in [0.4, 0.5) is 0 Å². The number of amides is 1. The molecule has 9 heteroatoms. The van der Waals surface area contributed by atoms with Crippen LogP contribution in [0.15, 0.2) is 23.1 Å². The molecule has 0 spiro atoms. The normalized spacial score (nSPS) is 27.6. The number of benzene rings is 1. The SMILES string of the molecule is C[C@H]1CC(C(=O)N2CCN(S(=O)(=O)c3c(Cl)cccc3Cl)CC2)C[C@H](C)O1. The smallest absolute Gasteiger partial charge is 0.246 e. The summed E-state index contributed by atoms with van der Waals surface area (Å²) in [5.74, 6) is 0.0229. The Hall–Kier alpha value is -0.860. The van der Waals surface area contributed by atoms with Crippen LogP contribution in [0.3, 0.4) is 0 Å². The molecule has 0 saturated carbocycles. The van der Waals surface area contributed by atoms with Crippen molar-refractivity contribution in [1.82, 2.24) is 9.21 Å². The molecule has 0 radical (unpaired) electrons. The van der Waals surface area contributed by atoms with Crippen LogP contribution in [0.2, 0.25) is 10.0 Å². The summed E-state index contributed by atoms with van der Waals surface area (Å²) in [7, 11) is -3.80. The lowest BCUT2D eigenvalue weighted by atomic mass is 9.91. The number of carbonyl (C=O) groups excluding carboxylic acids is 1. The minimum absolute atomic E-state index is 0.0618. The topological polar surface area (TPSA) is 66.9 Å². The van der Waals surface area contributed by atoms with Gasteiger partial charge in [0.15, 0.2) is 0 Å². The zero-order chi connectivity index (χ0) is 19.8. The second kappa shape index (κ2) is 8.25. The van der Waals surface area contributed by atoms with E-state index in [1.54, 1.807) is 11.0 Å². The fourth-order valence-electron chi connectivity index (χ4n) is 3.87. The van der Waals surface area contributed by atoms with E-state index in [1.165, 1.54) is 16.4 Å². The molecule has 2 atom stereocenters. The molecule has 2 aliphatic rings. The van der Waals surface area contributed by atoms with Gasteiger partial charge in [0.1, 0.15) is 4.90 Å². The number of piperazine rings is 1. The Kier molecular flexibility index (Phi) is 6.37. The number of nitrogens with zero attached hydrogens (tertiary/aromatic N) is 2. The van der Waals surface area contributed by atoms with Gasteiger partial charge in [-0.25, -0.2) is 8.42 Å². The van der Waals surface area contributed by atoms with Crippen molar-refractivity contribution in [3.05, 3.63) is 28.2 Å². The second-order valence-electron chi connectivity index (χ2n) is 7.21. The Labute approximate surface area is 170 Å². The highest BCUT2D eigenvalue weighted by molar-refractivity contribution is 7.89. The zero-order valence-electron chi connectivity index (χ0n) is 15.4. The maximum absolute atomic E-state index is 12.9. The number of sulfonamides is 1. The van der Waals surface area contributed by atoms with Crippen LogP contribution in [-0.2, 0) is 19.6 Å². The molecule has 0 N–H and O–H groups in total. The molecule has 0 aromatic heterocycles. The summed E-state index contributed by atoms with van der Waals surface area (Å²) in [5, 5.41) is 0.206. The summed E-state index contributed by atoms with van der Waals surface area (Å²) in [6.45, 7) is 5.13. The van der Waals surface area contributed by atoms with Crippen molar-refractivity contribution < 1.29 is 17.9 Å². The van der Waals surface area contributed by atoms with Crippen molar-refractivity contribution in [1.29, 1.82) is 0 Å². The number of hydrogen-bond donors (Lipinski definition) is 0. The van der Waals surface area contributed by atoms with E-state index < -0.39 is 10.0 Å². The van der Waals surface area contributed by atoms with Crippen LogP contribution >= 0.6 is 23.2 Å². The van der Waals surface area contributed by atoms with Gasteiger partial charge in [-0.3, -0.25) is 4.79 Å². The molecule has 0 bridgehead atoms. The number of halogens is 2. The lowest BCUT2D eigenvalue weighted by Crippen LogP contribution is -2.52. The quantitative estimate of drug-likeness (QED) is 0.732. The maximum Gasteiger partial charge on any atom is 0.246 e. The van der Waals surface area contributed by atoms with Gasteiger partial charge < -0.3 is 9.64 Å². The molecule has 0 unspecified atom stereocenters. The standard InChI is InChI=1S/C18H24Cl2N2O4S/c1-12-10-14(11-13(2)26-12)18(23)21-6-8-22(9-7-21)27(24,25)17-15(19)4-3-5-16(17)20/h3-5,12-14H,6-11H2,1-2H3/t12-,13-/m0/s1. The Morgan fingerprint density at radius 2 is 1.56 bits per heavy atom. The minimum atomic E-state index is -3.80. The average Bonchev–Trinajstić information content (AvgIpc) is 2.60. The first kappa shape index (κ1) is 20.9. The van der Waals surface area contributed by atoms with E-state index in [-0.39, 0.29) is 52.1 Å². The summed E-state index contributed by atoms with van der Waals surface area (Å²) >= 11 is 12.1. The van der Waals surface area contributed by atoms with Crippen molar-refractivity contribution in [3.8, 4) is 0 Å². The molecule has 1 amide bonds. The molecule has 2 aliphatic heterocycles. The van der Waals surface area contributed by atoms with Gasteiger partial charge in [0.2, 0.25) is 15.9 Å². The van der Waals surface area contributed by atoms with Crippen molar-refractivity contribution in [2.45, 2.75) is 43.8 Å². The third kappa shape index (κ3) is 4.43. The molecule has 3 rings (SSSR count). The molecule has 1 aromatic rings. The van der Waals surface area contributed by atoms with E-state index in [4.69, 9.17) is 27.9 Å². The van der Waals surface area contributed by atoms with Gasteiger partial charge in [-0.2, -0.15) is 4.31 Å². The zero-order valence-corrected chi connectivity index (χ0v) is 17.7. The summed E-state index contributed by atoms with van der Waals surface area (Å²) in [6, 6.07) is 4.62. The van der Waals surface area contributed by atoms with E-state index in [0.717, 1.165) is 0 Å². The first-order valence-corrected chi connectivity index (χ1v) is 11.3. The Balaban J connectivity index is 1.67. The van der Waals surface area contributed by atoms with Crippen molar-refractivity contribution in [2.24, 2.45) is 5.92 Å². The van der Waals surface area contributed by atoms with Crippen LogP contribution in [0, 0.1) is 5.92 Å². The third-order valence-corrected chi connectivity index (χ3v) is 7.97. The molecule has 1 aromatic carbocycles. The van der Waals surface area contributed by atoms with Gasteiger partial charge in [-0.1, -0.05) is 29.3 Å². The summed E-state index contributed by atoms with van der Waals surface area (Å²) in [4.78, 5) is 14.5. The maximum atomic E-state index is 12.9. The van der Waals surface area contributed by atoms with Crippen LogP contribution in [0.25, 0.3) is 0 Å². The van der Waals surface area contributed by atoms with E-state index in [0.29, 0.717) is 25.9 Å². The number of ether oxygens (including phenoxy) is 1. The summed E-state index contributed by atoms with van der Waals surface area (Å²) in [6.07, 6.45) is 1.53. The molecule has 150 valence electrons. The van der Waals surface area contributed by atoms with E-state index in [1.807, 2.05) is 13.8 Å². The minimum Gasteiger partial charge on any atom is -0.376 e. The lowest BCUT2D eigenvalue weighted by molar-refractivity contribution is -0.144. The molecule has 6 nitrogen and oxygen atoms in total. The Bertz CT molecular complexity index is 779.